The molecule has 0 spiro atoms. The maximum absolute atomic E-state index is 6.37. The monoisotopic (exact) mass is 228 g/mol. The topological polar surface area (TPSA) is 27.7 Å². The molecular weight excluding hydrogens is 216 g/mol. The smallest absolute Gasteiger partial charge is 0.127 e. The van der Waals surface area contributed by atoms with Crippen LogP contribution in [0.2, 0.25) is 0 Å². The highest BCUT2D eigenvalue weighted by atomic mass is 35.5. The van der Waals surface area contributed by atoms with Crippen LogP contribution in [0, 0.1) is 0 Å². The number of ether oxygens (including phenoxy) is 3. The quantitative estimate of drug-likeness (QED) is 0.743. The maximum Gasteiger partial charge on any atom is 0.127 e. The number of benzene rings is 1. The van der Waals surface area contributed by atoms with E-state index in [1.54, 1.807) is 14.2 Å². The van der Waals surface area contributed by atoms with Crippen LogP contribution in [-0.2, 0) is 9.61 Å². The zero-order valence-corrected chi connectivity index (χ0v) is 9.50. The SMILES string of the molecule is COc1ccc(C2(Cl)COC2)c(OC)c1. The van der Waals surface area contributed by atoms with Crippen LogP contribution in [0.4, 0.5) is 0 Å². The van der Waals surface area contributed by atoms with Crippen LogP contribution in [0.25, 0.3) is 0 Å². The lowest BCUT2D eigenvalue weighted by Gasteiger charge is -2.36. The van der Waals surface area contributed by atoms with Crippen molar-refractivity contribution in [1.29, 1.82) is 0 Å². The molecule has 1 fully saturated rings. The zero-order chi connectivity index (χ0) is 10.9. The van der Waals surface area contributed by atoms with Gasteiger partial charge in [-0.3, -0.25) is 0 Å². The summed E-state index contributed by atoms with van der Waals surface area (Å²) in [4.78, 5) is -0.433. The summed E-state index contributed by atoms with van der Waals surface area (Å²) in [6, 6.07) is 5.63. The highest BCUT2D eigenvalue weighted by Crippen LogP contribution is 2.42. The normalized spacial score (nSPS) is 18.1. The molecule has 4 heteroatoms. The Labute approximate surface area is 93.9 Å². The van der Waals surface area contributed by atoms with Crippen molar-refractivity contribution in [3.05, 3.63) is 23.8 Å². The van der Waals surface area contributed by atoms with E-state index in [9.17, 15) is 0 Å². The van der Waals surface area contributed by atoms with Gasteiger partial charge in [0.15, 0.2) is 0 Å². The fourth-order valence-electron chi connectivity index (χ4n) is 1.61. The van der Waals surface area contributed by atoms with E-state index in [0.717, 1.165) is 17.1 Å². The number of methoxy groups -OCH3 is 2. The van der Waals surface area contributed by atoms with E-state index in [1.165, 1.54) is 0 Å². The second-order valence-corrected chi connectivity index (χ2v) is 4.25. The Bertz CT molecular complexity index is 361. The summed E-state index contributed by atoms with van der Waals surface area (Å²) >= 11 is 6.37. The first-order valence-electron chi connectivity index (χ1n) is 4.69. The lowest BCUT2D eigenvalue weighted by Crippen LogP contribution is -2.41. The van der Waals surface area contributed by atoms with Crippen LogP contribution in [0.15, 0.2) is 18.2 Å². The molecule has 0 amide bonds. The third kappa shape index (κ3) is 1.77. The largest absolute Gasteiger partial charge is 0.497 e. The molecule has 0 N–H and O–H groups in total. The molecule has 0 aliphatic carbocycles. The molecule has 0 radical (unpaired) electrons. The van der Waals surface area contributed by atoms with Gasteiger partial charge in [0, 0.05) is 11.6 Å². The van der Waals surface area contributed by atoms with Crippen molar-refractivity contribution in [2.24, 2.45) is 0 Å². The first-order chi connectivity index (χ1) is 7.19. The lowest BCUT2D eigenvalue weighted by molar-refractivity contribution is -0.0161. The summed E-state index contributed by atoms with van der Waals surface area (Å²) in [5, 5.41) is 0. The average molecular weight is 229 g/mol. The minimum absolute atomic E-state index is 0.433. The van der Waals surface area contributed by atoms with Gasteiger partial charge < -0.3 is 14.2 Å². The standard InChI is InChI=1S/C11H13ClO3/c1-13-8-3-4-9(10(5-8)14-2)11(12)6-15-7-11/h3-5H,6-7H2,1-2H3. The Morgan fingerprint density at radius 1 is 1.27 bits per heavy atom. The molecule has 82 valence electrons. The van der Waals surface area contributed by atoms with Gasteiger partial charge in [-0.15, -0.1) is 11.6 Å². The molecule has 0 unspecified atom stereocenters. The molecule has 0 aromatic heterocycles. The first-order valence-corrected chi connectivity index (χ1v) is 5.06. The van der Waals surface area contributed by atoms with Gasteiger partial charge in [0.05, 0.1) is 27.4 Å². The van der Waals surface area contributed by atoms with Gasteiger partial charge in [-0.2, -0.15) is 0 Å². The predicted octanol–water partition coefficient (Wildman–Crippen LogP) is 2.17. The van der Waals surface area contributed by atoms with Crippen molar-refractivity contribution in [2.75, 3.05) is 27.4 Å². The van der Waals surface area contributed by atoms with Gasteiger partial charge in [0.2, 0.25) is 0 Å². The highest BCUT2D eigenvalue weighted by molar-refractivity contribution is 6.25. The van der Waals surface area contributed by atoms with E-state index in [1.807, 2.05) is 18.2 Å². The molecule has 1 aliphatic heterocycles. The van der Waals surface area contributed by atoms with Gasteiger partial charge in [-0.25, -0.2) is 0 Å². The minimum Gasteiger partial charge on any atom is -0.497 e. The summed E-state index contributed by atoms with van der Waals surface area (Å²) in [7, 11) is 3.25. The highest BCUT2D eigenvalue weighted by Gasteiger charge is 2.40. The molecule has 0 bridgehead atoms. The van der Waals surface area contributed by atoms with Gasteiger partial charge in [0.1, 0.15) is 16.4 Å². The van der Waals surface area contributed by atoms with Crippen molar-refractivity contribution in [2.45, 2.75) is 4.87 Å². The number of hydrogen-bond donors (Lipinski definition) is 0. The van der Waals surface area contributed by atoms with Gasteiger partial charge in [0.25, 0.3) is 0 Å². The van der Waals surface area contributed by atoms with Crippen molar-refractivity contribution in [1.82, 2.24) is 0 Å². The Morgan fingerprint density at radius 3 is 2.47 bits per heavy atom. The van der Waals surface area contributed by atoms with Gasteiger partial charge in [-0.1, -0.05) is 0 Å². The molecule has 1 saturated heterocycles. The Morgan fingerprint density at radius 2 is 2.00 bits per heavy atom. The summed E-state index contributed by atoms with van der Waals surface area (Å²) < 4.78 is 15.5. The van der Waals surface area contributed by atoms with Crippen LogP contribution in [0.5, 0.6) is 11.5 Å². The van der Waals surface area contributed by atoms with E-state index >= 15 is 0 Å². The van der Waals surface area contributed by atoms with Crippen molar-refractivity contribution < 1.29 is 14.2 Å². The fraction of sp³-hybridized carbons (Fsp3) is 0.455. The number of halogens is 1. The lowest BCUT2D eigenvalue weighted by atomic mass is 9.95. The number of hydrogen-bond acceptors (Lipinski definition) is 3. The summed E-state index contributed by atoms with van der Waals surface area (Å²) in [6.07, 6.45) is 0. The van der Waals surface area contributed by atoms with Gasteiger partial charge in [-0.05, 0) is 12.1 Å². The second-order valence-electron chi connectivity index (χ2n) is 3.52. The van der Waals surface area contributed by atoms with Gasteiger partial charge >= 0.3 is 0 Å². The Kier molecular flexibility index (Phi) is 2.76. The van der Waals surface area contributed by atoms with E-state index in [4.69, 9.17) is 25.8 Å². The van der Waals surface area contributed by atoms with E-state index in [0.29, 0.717) is 13.2 Å². The Hall–Kier alpha value is -0.930. The van der Waals surface area contributed by atoms with Crippen LogP contribution in [0.1, 0.15) is 5.56 Å². The van der Waals surface area contributed by atoms with Crippen LogP contribution >= 0.6 is 11.6 Å². The van der Waals surface area contributed by atoms with Crippen molar-refractivity contribution in [3.63, 3.8) is 0 Å². The van der Waals surface area contributed by atoms with E-state index in [2.05, 4.69) is 0 Å². The minimum atomic E-state index is -0.433. The fourth-order valence-corrected chi connectivity index (χ4v) is 1.92. The van der Waals surface area contributed by atoms with Crippen molar-refractivity contribution in [3.8, 4) is 11.5 Å². The molecule has 1 aliphatic rings. The maximum atomic E-state index is 6.37. The third-order valence-electron chi connectivity index (χ3n) is 2.55. The molecular formula is C11H13ClO3. The molecule has 1 aromatic carbocycles. The first kappa shape index (κ1) is 10.6. The van der Waals surface area contributed by atoms with Crippen LogP contribution in [0.3, 0.4) is 0 Å². The zero-order valence-electron chi connectivity index (χ0n) is 8.75. The summed E-state index contributed by atoms with van der Waals surface area (Å²) in [5.41, 5.74) is 0.957. The molecule has 1 aromatic rings. The molecule has 2 rings (SSSR count). The van der Waals surface area contributed by atoms with Crippen LogP contribution in [-0.4, -0.2) is 27.4 Å². The number of rotatable bonds is 3. The molecule has 15 heavy (non-hydrogen) atoms. The average Bonchev–Trinajstić information content (AvgIpc) is 2.25. The molecule has 0 saturated carbocycles. The summed E-state index contributed by atoms with van der Waals surface area (Å²) in [6.45, 7) is 1.05. The molecule has 3 nitrogen and oxygen atoms in total. The second kappa shape index (κ2) is 3.91. The Balaban J connectivity index is 2.38. The predicted molar refractivity (Wildman–Crippen MR) is 57.9 cm³/mol. The number of alkyl halides is 1. The molecule has 0 atom stereocenters. The summed E-state index contributed by atoms with van der Waals surface area (Å²) in [5.74, 6) is 1.50. The van der Waals surface area contributed by atoms with Crippen LogP contribution < -0.4 is 9.47 Å². The molecule has 1 heterocycles. The van der Waals surface area contributed by atoms with Crippen molar-refractivity contribution >= 4 is 11.6 Å². The van der Waals surface area contributed by atoms with E-state index in [-0.39, 0.29) is 0 Å². The third-order valence-corrected chi connectivity index (χ3v) is 2.97. The van der Waals surface area contributed by atoms with E-state index < -0.39 is 4.87 Å².